The summed E-state index contributed by atoms with van der Waals surface area (Å²) in [4.78, 5) is 15.8. The lowest BCUT2D eigenvalue weighted by Crippen LogP contribution is -2.27. The van der Waals surface area contributed by atoms with Crippen LogP contribution in [0, 0.1) is 6.92 Å². The lowest BCUT2D eigenvalue weighted by molar-refractivity contribution is -0.120. The van der Waals surface area contributed by atoms with Gasteiger partial charge >= 0.3 is 0 Å². The summed E-state index contributed by atoms with van der Waals surface area (Å²) in [6.45, 7) is 8.05. The van der Waals surface area contributed by atoms with Gasteiger partial charge in [0, 0.05) is 12.0 Å². The highest BCUT2D eigenvalue weighted by Gasteiger charge is 2.23. The Morgan fingerprint density at radius 3 is 2.59 bits per heavy atom. The summed E-state index contributed by atoms with van der Waals surface area (Å²) in [5.41, 5.74) is 0.582. The normalized spacial score (nSPS) is 11.6. The maximum Gasteiger partial charge on any atom is 0.227 e. The quantitative estimate of drug-likeness (QED) is 0.821. The predicted octanol–water partition coefficient (Wildman–Crippen LogP) is 0.932. The van der Waals surface area contributed by atoms with Gasteiger partial charge in [0.2, 0.25) is 5.91 Å². The molecule has 0 aliphatic carbocycles. The molecule has 0 aliphatic heterocycles. The molecule has 0 saturated carbocycles. The lowest BCUT2D eigenvalue weighted by Gasteiger charge is -2.12. The molecule has 2 N–H and O–H groups in total. The van der Waals surface area contributed by atoms with Crippen molar-refractivity contribution in [2.24, 2.45) is 0 Å². The minimum absolute atomic E-state index is 0.0611. The van der Waals surface area contributed by atoms with Crippen LogP contribution >= 0.6 is 0 Å². The average Bonchev–Trinajstić information content (AvgIpc) is 2.57. The number of aliphatic hydroxyl groups excluding tert-OH is 1. The summed E-state index contributed by atoms with van der Waals surface area (Å²) in [5, 5.41) is 11.2. The second kappa shape index (κ2) is 5.31. The van der Waals surface area contributed by atoms with Gasteiger partial charge in [-0.05, 0) is 6.92 Å². The van der Waals surface area contributed by atoms with Crippen molar-refractivity contribution >= 4 is 5.91 Å². The van der Waals surface area contributed by atoms with Gasteiger partial charge in [0.15, 0.2) is 5.89 Å². The first-order valence-corrected chi connectivity index (χ1v) is 5.69. The molecule has 96 valence electrons. The number of oxazole rings is 1. The fourth-order valence-corrected chi connectivity index (χ4v) is 1.32. The molecule has 0 aromatic carbocycles. The Balaban J connectivity index is 2.72. The van der Waals surface area contributed by atoms with Crippen LogP contribution in [-0.2, 0) is 16.6 Å². The number of carbonyl (C=O) groups excluding carboxylic acids is 1. The van der Waals surface area contributed by atoms with E-state index < -0.39 is 0 Å². The molecule has 0 bridgehead atoms. The third-order valence-electron chi connectivity index (χ3n) is 2.29. The van der Waals surface area contributed by atoms with E-state index in [0.717, 1.165) is 5.69 Å². The van der Waals surface area contributed by atoms with Gasteiger partial charge in [0.1, 0.15) is 5.76 Å². The molecule has 1 rings (SSSR count). The molecule has 5 heteroatoms. The number of nitrogens with zero attached hydrogens (tertiary/aromatic N) is 1. The number of aromatic nitrogens is 1. The van der Waals surface area contributed by atoms with Crippen LogP contribution in [0.1, 0.15) is 38.1 Å². The van der Waals surface area contributed by atoms with E-state index in [1.54, 1.807) is 0 Å². The van der Waals surface area contributed by atoms with Gasteiger partial charge in [-0.1, -0.05) is 20.8 Å². The van der Waals surface area contributed by atoms with Gasteiger partial charge in [-0.25, -0.2) is 4.98 Å². The van der Waals surface area contributed by atoms with Crippen LogP contribution in [0.15, 0.2) is 4.42 Å². The van der Waals surface area contributed by atoms with Crippen LogP contribution in [-0.4, -0.2) is 29.1 Å². The first-order chi connectivity index (χ1) is 7.84. The van der Waals surface area contributed by atoms with Crippen molar-refractivity contribution in [2.75, 3.05) is 13.2 Å². The smallest absolute Gasteiger partial charge is 0.227 e. The molecule has 0 saturated heterocycles. The third-order valence-corrected chi connectivity index (χ3v) is 2.29. The van der Waals surface area contributed by atoms with Gasteiger partial charge in [0.25, 0.3) is 0 Å². The molecule has 0 spiro atoms. The predicted molar refractivity (Wildman–Crippen MR) is 63.7 cm³/mol. The van der Waals surface area contributed by atoms with Crippen LogP contribution in [0.3, 0.4) is 0 Å². The number of hydrogen-bond donors (Lipinski definition) is 2. The Bertz CT molecular complexity index is 391. The topological polar surface area (TPSA) is 75.4 Å². The van der Waals surface area contributed by atoms with Gasteiger partial charge in [-0.15, -0.1) is 0 Å². The van der Waals surface area contributed by atoms with E-state index in [-0.39, 0.29) is 30.9 Å². The molecule has 0 fully saturated rings. The molecule has 5 nitrogen and oxygen atoms in total. The summed E-state index contributed by atoms with van der Waals surface area (Å²) >= 11 is 0. The van der Waals surface area contributed by atoms with Crippen molar-refractivity contribution in [3.8, 4) is 0 Å². The highest BCUT2D eigenvalue weighted by atomic mass is 16.4. The van der Waals surface area contributed by atoms with E-state index in [4.69, 9.17) is 9.52 Å². The minimum Gasteiger partial charge on any atom is -0.444 e. The number of nitrogens with one attached hydrogen (secondary N) is 1. The van der Waals surface area contributed by atoms with Crippen LogP contribution in [0.5, 0.6) is 0 Å². The highest BCUT2D eigenvalue weighted by molar-refractivity contribution is 5.78. The zero-order chi connectivity index (χ0) is 13.1. The van der Waals surface area contributed by atoms with Crippen molar-refractivity contribution in [1.82, 2.24) is 10.3 Å². The van der Waals surface area contributed by atoms with E-state index >= 15 is 0 Å². The third kappa shape index (κ3) is 3.85. The molecular weight excluding hydrogens is 220 g/mol. The summed E-state index contributed by atoms with van der Waals surface area (Å²) in [7, 11) is 0. The number of rotatable bonds is 4. The summed E-state index contributed by atoms with van der Waals surface area (Å²) in [6.07, 6.45) is 0.162. The fraction of sp³-hybridized carbons (Fsp3) is 0.667. The number of aliphatic hydroxyl groups is 1. The standard InChI is InChI=1S/C12H20N2O3/c1-8-9(7-10(16)13-5-6-15)17-11(14-8)12(2,3)4/h15H,5-7H2,1-4H3,(H,13,16). The Morgan fingerprint density at radius 2 is 2.12 bits per heavy atom. The molecule has 1 amide bonds. The van der Waals surface area contributed by atoms with Gasteiger partial charge < -0.3 is 14.8 Å². The molecule has 1 aromatic rings. The van der Waals surface area contributed by atoms with Crippen LogP contribution in [0.4, 0.5) is 0 Å². The largest absolute Gasteiger partial charge is 0.444 e. The van der Waals surface area contributed by atoms with Crippen LogP contribution in [0.25, 0.3) is 0 Å². The highest BCUT2D eigenvalue weighted by Crippen LogP contribution is 2.23. The van der Waals surface area contributed by atoms with Crippen molar-refractivity contribution in [3.63, 3.8) is 0 Å². The number of hydrogen-bond acceptors (Lipinski definition) is 4. The van der Waals surface area contributed by atoms with Gasteiger partial charge in [-0.3, -0.25) is 4.79 Å². The molecule has 17 heavy (non-hydrogen) atoms. The molecule has 0 unspecified atom stereocenters. The van der Waals surface area contributed by atoms with Crippen LogP contribution in [0.2, 0.25) is 0 Å². The second-order valence-electron chi connectivity index (χ2n) is 5.03. The lowest BCUT2D eigenvalue weighted by atomic mass is 9.97. The minimum atomic E-state index is -0.168. The zero-order valence-corrected chi connectivity index (χ0v) is 10.8. The number of amides is 1. The number of carbonyl (C=O) groups is 1. The Hall–Kier alpha value is -1.36. The van der Waals surface area contributed by atoms with E-state index in [1.807, 2.05) is 27.7 Å². The summed E-state index contributed by atoms with van der Waals surface area (Å²) in [5.74, 6) is 1.06. The molecule has 0 radical (unpaired) electrons. The van der Waals surface area contributed by atoms with Crippen molar-refractivity contribution in [3.05, 3.63) is 17.3 Å². The maximum absolute atomic E-state index is 11.5. The van der Waals surface area contributed by atoms with E-state index in [1.165, 1.54) is 0 Å². The molecule has 1 aromatic heterocycles. The van der Waals surface area contributed by atoms with E-state index in [9.17, 15) is 4.79 Å². The maximum atomic E-state index is 11.5. The molecule has 1 heterocycles. The Kier molecular flexibility index (Phi) is 4.28. The average molecular weight is 240 g/mol. The molecule has 0 aliphatic rings. The molecule has 0 atom stereocenters. The van der Waals surface area contributed by atoms with Gasteiger partial charge in [-0.2, -0.15) is 0 Å². The van der Waals surface area contributed by atoms with E-state index in [0.29, 0.717) is 11.7 Å². The van der Waals surface area contributed by atoms with Crippen molar-refractivity contribution in [2.45, 2.75) is 39.5 Å². The fourth-order valence-electron chi connectivity index (χ4n) is 1.32. The SMILES string of the molecule is Cc1nc(C(C)(C)C)oc1CC(=O)NCCO. The Morgan fingerprint density at radius 1 is 1.47 bits per heavy atom. The zero-order valence-electron chi connectivity index (χ0n) is 10.8. The summed E-state index contributed by atoms with van der Waals surface area (Å²) in [6, 6.07) is 0. The van der Waals surface area contributed by atoms with Gasteiger partial charge in [0.05, 0.1) is 18.7 Å². The van der Waals surface area contributed by atoms with Crippen molar-refractivity contribution < 1.29 is 14.3 Å². The van der Waals surface area contributed by atoms with E-state index in [2.05, 4.69) is 10.3 Å². The number of aryl methyl sites for hydroxylation is 1. The summed E-state index contributed by atoms with van der Waals surface area (Å²) < 4.78 is 5.60. The monoisotopic (exact) mass is 240 g/mol. The molecular formula is C12H20N2O3. The van der Waals surface area contributed by atoms with Crippen molar-refractivity contribution in [1.29, 1.82) is 0 Å². The Labute approximate surface area is 101 Å². The second-order valence-corrected chi connectivity index (χ2v) is 5.03. The first kappa shape index (κ1) is 13.7. The first-order valence-electron chi connectivity index (χ1n) is 5.69. The van der Waals surface area contributed by atoms with Crippen LogP contribution < -0.4 is 5.32 Å².